The van der Waals surface area contributed by atoms with Crippen molar-refractivity contribution in [1.29, 1.82) is 0 Å². The van der Waals surface area contributed by atoms with Gasteiger partial charge in [-0.05, 0) is 29.7 Å². The minimum absolute atomic E-state index is 0.178. The molecule has 0 aromatic carbocycles. The first kappa shape index (κ1) is 12.0. The van der Waals surface area contributed by atoms with Crippen LogP contribution in [0.3, 0.4) is 0 Å². The number of hydrogen-bond acceptors (Lipinski definition) is 2. The maximum Gasteiger partial charge on any atom is 0.330 e. The second-order valence-electron chi connectivity index (χ2n) is 4.88. The van der Waals surface area contributed by atoms with Crippen LogP contribution in [0.25, 0.3) is 0 Å². The molecule has 0 bridgehead atoms. The summed E-state index contributed by atoms with van der Waals surface area (Å²) < 4.78 is 4.58. The lowest BCUT2D eigenvalue weighted by atomic mass is 9.73. The van der Waals surface area contributed by atoms with Crippen LogP contribution >= 0.6 is 0 Å². The summed E-state index contributed by atoms with van der Waals surface area (Å²) in [5.74, 6) is 0.320. The van der Waals surface area contributed by atoms with Gasteiger partial charge in [0.1, 0.15) is 0 Å². The van der Waals surface area contributed by atoms with E-state index in [1.165, 1.54) is 31.6 Å². The third-order valence-corrected chi connectivity index (χ3v) is 3.07. The molecule has 0 heterocycles. The van der Waals surface area contributed by atoms with Crippen molar-refractivity contribution in [3.05, 3.63) is 23.8 Å². The van der Waals surface area contributed by atoms with Gasteiger partial charge in [-0.1, -0.05) is 32.9 Å². The van der Waals surface area contributed by atoms with Gasteiger partial charge in [0.15, 0.2) is 0 Å². The first-order valence-corrected chi connectivity index (χ1v) is 5.44. The highest BCUT2D eigenvalue weighted by atomic mass is 16.5. The van der Waals surface area contributed by atoms with Crippen LogP contribution in [-0.2, 0) is 9.53 Å². The molecule has 0 saturated heterocycles. The van der Waals surface area contributed by atoms with Crippen molar-refractivity contribution in [2.24, 2.45) is 11.3 Å². The van der Waals surface area contributed by atoms with Crippen molar-refractivity contribution in [3.63, 3.8) is 0 Å². The van der Waals surface area contributed by atoms with Gasteiger partial charge < -0.3 is 4.74 Å². The fraction of sp³-hybridized carbons (Fsp3) is 0.615. The van der Waals surface area contributed by atoms with Crippen LogP contribution in [0.2, 0.25) is 0 Å². The normalized spacial score (nSPS) is 25.1. The van der Waals surface area contributed by atoms with Gasteiger partial charge >= 0.3 is 5.97 Å². The van der Waals surface area contributed by atoms with Crippen molar-refractivity contribution < 1.29 is 9.53 Å². The second-order valence-corrected chi connectivity index (χ2v) is 4.88. The Hall–Kier alpha value is -1.05. The standard InChI is InChI=1S/C13H20O2/c1-10-7-8-13(2,3)11(9-10)5-6-12(14)15-4/h5-6,9-10H,7-8H2,1-4H3. The SMILES string of the molecule is COC(=O)C=CC1=CC(C)CCC1(C)C. The molecular weight excluding hydrogens is 188 g/mol. The van der Waals surface area contributed by atoms with E-state index in [4.69, 9.17) is 0 Å². The molecule has 1 aliphatic carbocycles. The lowest BCUT2D eigenvalue weighted by molar-refractivity contribution is -0.134. The number of ether oxygens (including phenoxy) is 1. The maximum atomic E-state index is 11.0. The van der Waals surface area contributed by atoms with Crippen molar-refractivity contribution in [2.75, 3.05) is 7.11 Å². The van der Waals surface area contributed by atoms with E-state index in [1.807, 2.05) is 6.08 Å². The van der Waals surface area contributed by atoms with Crippen LogP contribution in [0, 0.1) is 11.3 Å². The fourth-order valence-electron chi connectivity index (χ4n) is 1.86. The maximum absolute atomic E-state index is 11.0. The molecule has 0 aromatic rings. The Balaban J connectivity index is 2.81. The summed E-state index contributed by atoms with van der Waals surface area (Å²) in [6, 6.07) is 0. The molecule has 0 spiro atoms. The molecule has 0 radical (unpaired) electrons. The van der Waals surface area contributed by atoms with Gasteiger partial charge in [0, 0.05) is 6.08 Å². The van der Waals surface area contributed by atoms with Gasteiger partial charge in [-0.3, -0.25) is 0 Å². The summed E-state index contributed by atoms with van der Waals surface area (Å²) in [4.78, 5) is 11.0. The molecule has 1 aliphatic rings. The van der Waals surface area contributed by atoms with E-state index in [0.29, 0.717) is 5.92 Å². The second kappa shape index (κ2) is 4.65. The summed E-state index contributed by atoms with van der Waals surface area (Å²) in [5, 5.41) is 0. The summed E-state index contributed by atoms with van der Waals surface area (Å²) in [6.45, 7) is 6.64. The first-order valence-electron chi connectivity index (χ1n) is 5.44. The van der Waals surface area contributed by atoms with E-state index in [1.54, 1.807) is 0 Å². The molecule has 0 amide bonds. The summed E-state index contributed by atoms with van der Waals surface area (Å²) in [6.07, 6.45) is 8.05. The molecule has 0 aliphatic heterocycles. The zero-order valence-electron chi connectivity index (χ0n) is 10.0. The molecule has 0 N–H and O–H groups in total. The van der Waals surface area contributed by atoms with Crippen LogP contribution in [0.4, 0.5) is 0 Å². The van der Waals surface area contributed by atoms with E-state index >= 15 is 0 Å². The van der Waals surface area contributed by atoms with Gasteiger partial charge in [0.25, 0.3) is 0 Å². The summed E-state index contributed by atoms with van der Waals surface area (Å²) >= 11 is 0. The monoisotopic (exact) mass is 208 g/mol. The van der Waals surface area contributed by atoms with Crippen molar-refractivity contribution in [3.8, 4) is 0 Å². The van der Waals surface area contributed by atoms with Gasteiger partial charge in [0.2, 0.25) is 0 Å². The molecule has 0 aromatic heterocycles. The Kier molecular flexibility index (Phi) is 3.72. The van der Waals surface area contributed by atoms with Gasteiger partial charge in [-0.2, -0.15) is 0 Å². The van der Waals surface area contributed by atoms with Crippen molar-refractivity contribution >= 4 is 5.97 Å². The molecule has 1 atom stereocenters. The molecular formula is C13H20O2. The number of rotatable bonds is 2. The fourth-order valence-corrected chi connectivity index (χ4v) is 1.86. The zero-order valence-corrected chi connectivity index (χ0v) is 10.0. The lowest BCUT2D eigenvalue weighted by Crippen LogP contribution is -2.20. The Bertz CT molecular complexity index is 298. The minimum Gasteiger partial charge on any atom is -0.466 e. The third-order valence-electron chi connectivity index (χ3n) is 3.07. The lowest BCUT2D eigenvalue weighted by Gasteiger charge is -2.32. The summed E-state index contributed by atoms with van der Waals surface area (Å²) in [7, 11) is 1.40. The van der Waals surface area contributed by atoms with Crippen LogP contribution in [-0.4, -0.2) is 13.1 Å². The Morgan fingerprint density at radius 2 is 2.27 bits per heavy atom. The predicted molar refractivity (Wildman–Crippen MR) is 61.4 cm³/mol. The highest BCUT2D eigenvalue weighted by molar-refractivity contribution is 5.82. The topological polar surface area (TPSA) is 26.3 Å². The number of carbonyl (C=O) groups is 1. The first-order chi connectivity index (χ1) is 6.95. The molecule has 15 heavy (non-hydrogen) atoms. The van der Waals surface area contributed by atoms with E-state index in [9.17, 15) is 4.79 Å². The van der Waals surface area contributed by atoms with Crippen LogP contribution < -0.4 is 0 Å². The smallest absolute Gasteiger partial charge is 0.330 e. The average Bonchev–Trinajstić information content (AvgIpc) is 2.19. The van der Waals surface area contributed by atoms with Crippen molar-refractivity contribution in [1.82, 2.24) is 0 Å². The Morgan fingerprint density at radius 1 is 1.60 bits per heavy atom. The zero-order chi connectivity index (χ0) is 11.5. The predicted octanol–water partition coefficient (Wildman–Crippen LogP) is 3.10. The average molecular weight is 208 g/mol. The van der Waals surface area contributed by atoms with E-state index < -0.39 is 0 Å². The van der Waals surface area contributed by atoms with E-state index in [-0.39, 0.29) is 11.4 Å². The summed E-state index contributed by atoms with van der Waals surface area (Å²) in [5.41, 5.74) is 1.42. The highest BCUT2D eigenvalue weighted by Gasteiger charge is 2.26. The van der Waals surface area contributed by atoms with Gasteiger partial charge in [-0.15, -0.1) is 0 Å². The third kappa shape index (κ3) is 3.22. The van der Waals surface area contributed by atoms with Gasteiger partial charge in [0.05, 0.1) is 7.11 Å². The number of hydrogen-bond donors (Lipinski definition) is 0. The quantitative estimate of drug-likeness (QED) is 0.515. The number of carbonyl (C=O) groups excluding carboxylic acids is 1. The Morgan fingerprint density at radius 3 is 2.87 bits per heavy atom. The van der Waals surface area contributed by atoms with Crippen LogP contribution in [0.5, 0.6) is 0 Å². The molecule has 0 saturated carbocycles. The molecule has 1 rings (SSSR count). The van der Waals surface area contributed by atoms with E-state index in [0.717, 1.165) is 0 Å². The molecule has 84 valence electrons. The Labute approximate surface area is 92.0 Å². The van der Waals surface area contributed by atoms with Crippen LogP contribution in [0.1, 0.15) is 33.6 Å². The molecule has 2 nitrogen and oxygen atoms in total. The van der Waals surface area contributed by atoms with Crippen molar-refractivity contribution in [2.45, 2.75) is 33.6 Å². The highest BCUT2D eigenvalue weighted by Crippen LogP contribution is 2.39. The molecule has 1 unspecified atom stereocenters. The van der Waals surface area contributed by atoms with Gasteiger partial charge in [-0.25, -0.2) is 4.79 Å². The number of allylic oxidation sites excluding steroid dienone is 3. The molecule has 0 fully saturated rings. The minimum atomic E-state index is -0.287. The number of methoxy groups -OCH3 is 1. The van der Waals surface area contributed by atoms with Crippen LogP contribution in [0.15, 0.2) is 23.8 Å². The largest absolute Gasteiger partial charge is 0.466 e. The molecule has 2 heteroatoms. The van der Waals surface area contributed by atoms with E-state index in [2.05, 4.69) is 31.6 Å². The number of esters is 1.